The highest BCUT2D eigenvalue weighted by Gasteiger charge is 2.38. The molecule has 2 aromatic carbocycles. The minimum absolute atomic E-state index is 0.0606. The summed E-state index contributed by atoms with van der Waals surface area (Å²) in [5.74, 6) is 0.872. The maximum Gasteiger partial charge on any atom is 0.291 e. The molecule has 1 atom stereocenters. The third-order valence-corrected chi connectivity index (χ3v) is 5.00. The number of carbonyl (C=O) groups is 1. The molecule has 8 heteroatoms. The number of nitro benzene ring substituents is 1. The Kier molecular flexibility index (Phi) is 4.67. The molecule has 0 amide bonds. The smallest absolute Gasteiger partial charge is 0.291 e. The molecule has 0 spiro atoms. The number of rotatable bonds is 5. The van der Waals surface area contributed by atoms with Crippen molar-refractivity contribution in [3.8, 4) is 28.4 Å². The third-order valence-electron chi connectivity index (χ3n) is 5.00. The number of benzene rings is 2. The van der Waals surface area contributed by atoms with Gasteiger partial charge in [-0.1, -0.05) is 18.2 Å². The van der Waals surface area contributed by atoms with Crippen molar-refractivity contribution in [1.82, 2.24) is 0 Å². The summed E-state index contributed by atoms with van der Waals surface area (Å²) in [4.78, 5) is 23.5. The van der Waals surface area contributed by atoms with Crippen LogP contribution in [0.15, 0.2) is 48.3 Å². The lowest BCUT2D eigenvalue weighted by Crippen LogP contribution is -2.08. The molecule has 148 valence electrons. The van der Waals surface area contributed by atoms with Crippen LogP contribution in [0.25, 0.3) is 11.1 Å². The van der Waals surface area contributed by atoms with E-state index in [0.717, 1.165) is 0 Å². The van der Waals surface area contributed by atoms with E-state index in [4.69, 9.17) is 14.2 Å². The van der Waals surface area contributed by atoms with Gasteiger partial charge in [0.2, 0.25) is 6.79 Å². The van der Waals surface area contributed by atoms with E-state index in [1.807, 2.05) is 0 Å². The average molecular weight is 395 g/mol. The van der Waals surface area contributed by atoms with E-state index in [2.05, 4.69) is 0 Å². The Balaban J connectivity index is 2.00. The van der Waals surface area contributed by atoms with Gasteiger partial charge >= 0.3 is 0 Å². The van der Waals surface area contributed by atoms with Crippen molar-refractivity contribution in [2.24, 2.45) is 0 Å². The number of hydrogen-bond acceptors (Lipinski definition) is 7. The second-order valence-electron chi connectivity index (χ2n) is 6.55. The third kappa shape index (κ3) is 3.08. The topological polar surface area (TPSA) is 108 Å². The van der Waals surface area contributed by atoms with Gasteiger partial charge in [0, 0.05) is 11.5 Å². The maximum absolute atomic E-state index is 12.0. The fourth-order valence-corrected chi connectivity index (χ4v) is 3.68. The van der Waals surface area contributed by atoms with Crippen LogP contribution >= 0.6 is 0 Å². The van der Waals surface area contributed by atoms with Crippen LogP contribution < -0.4 is 14.2 Å². The number of nitro groups is 1. The maximum atomic E-state index is 12.0. The van der Waals surface area contributed by atoms with Crippen LogP contribution in [0.1, 0.15) is 28.3 Å². The van der Waals surface area contributed by atoms with E-state index in [1.54, 1.807) is 36.4 Å². The highest BCUT2D eigenvalue weighted by atomic mass is 16.7. The molecule has 1 unspecified atom stereocenters. The molecule has 1 heterocycles. The summed E-state index contributed by atoms with van der Waals surface area (Å²) in [7, 11) is 1.52. The van der Waals surface area contributed by atoms with Crippen molar-refractivity contribution in [3.05, 3.63) is 69.5 Å². The summed E-state index contributed by atoms with van der Waals surface area (Å²) in [6, 6.07) is 6.68. The number of fused-ring (bicyclic) bond motifs is 1. The molecule has 1 N–H and O–H groups in total. The van der Waals surface area contributed by atoms with Gasteiger partial charge in [0.1, 0.15) is 22.6 Å². The van der Waals surface area contributed by atoms with Gasteiger partial charge in [-0.05, 0) is 36.3 Å². The fraction of sp³-hybridized carbons (Fsp3) is 0.190. The molecule has 2 aromatic rings. The molecule has 4 rings (SSSR count). The molecular weight excluding hydrogens is 378 g/mol. The monoisotopic (exact) mass is 395 g/mol. The lowest BCUT2D eigenvalue weighted by molar-refractivity contribution is -0.384. The van der Waals surface area contributed by atoms with Crippen LogP contribution in [-0.4, -0.2) is 30.2 Å². The van der Waals surface area contributed by atoms with E-state index in [-0.39, 0.29) is 41.0 Å². The van der Waals surface area contributed by atoms with Gasteiger partial charge < -0.3 is 19.3 Å². The number of ether oxygens (including phenoxy) is 3. The highest BCUT2D eigenvalue weighted by molar-refractivity contribution is 5.97. The number of aliphatic hydroxyl groups excluding tert-OH is 1. The van der Waals surface area contributed by atoms with Crippen molar-refractivity contribution in [3.63, 3.8) is 0 Å². The molecule has 0 fully saturated rings. The Hall–Kier alpha value is -3.81. The Morgan fingerprint density at radius 3 is 2.55 bits per heavy atom. The fourth-order valence-electron chi connectivity index (χ4n) is 3.68. The van der Waals surface area contributed by atoms with E-state index < -0.39 is 4.92 Å². The van der Waals surface area contributed by atoms with Crippen molar-refractivity contribution >= 4 is 12.0 Å². The number of carbonyl (C=O) groups excluding carboxylic acids is 1. The first kappa shape index (κ1) is 18.5. The number of aliphatic hydroxyl groups is 1. The first-order chi connectivity index (χ1) is 14.0. The number of nitrogens with zero attached hydrogens (tertiary/aromatic N) is 1. The summed E-state index contributed by atoms with van der Waals surface area (Å²) in [5, 5.41) is 21.6. The second kappa shape index (κ2) is 7.31. The molecule has 0 saturated heterocycles. The average Bonchev–Trinajstić information content (AvgIpc) is 3.22. The van der Waals surface area contributed by atoms with E-state index in [1.165, 1.54) is 13.2 Å². The van der Waals surface area contributed by atoms with Crippen LogP contribution in [0.5, 0.6) is 17.2 Å². The Morgan fingerprint density at radius 1 is 1.24 bits per heavy atom. The molecular formula is C21H17NO7. The zero-order chi connectivity index (χ0) is 20.5. The summed E-state index contributed by atoms with van der Waals surface area (Å²) in [5.41, 5.74) is 0.683. The van der Waals surface area contributed by atoms with Gasteiger partial charge in [-0.3, -0.25) is 14.9 Å². The standard InChI is InChI=1S/C21H17NO7/c1-27-15-8-4-13(5-9-15)18-19(22(25)26)16(10-23)17(20-21(18)29-11-28-20)12-2-6-14(24)7-3-12/h2,4-10,12,24H,3,11H2,1H3. The number of aldehydes is 1. The van der Waals surface area contributed by atoms with Crippen molar-refractivity contribution in [1.29, 1.82) is 0 Å². The second-order valence-corrected chi connectivity index (χ2v) is 6.55. The summed E-state index contributed by atoms with van der Waals surface area (Å²) < 4.78 is 16.4. The van der Waals surface area contributed by atoms with Gasteiger partial charge in [0.15, 0.2) is 17.8 Å². The van der Waals surface area contributed by atoms with Gasteiger partial charge in [-0.25, -0.2) is 0 Å². The Bertz CT molecular complexity index is 1050. The summed E-state index contributed by atoms with van der Waals surface area (Å²) in [6.07, 6.45) is 5.63. The zero-order valence-corrected chi connectivity index (χ0v) is 15.5. The molecule has 8 nitrogen and oxygen atoms in total. The molecule has 29 heavy (non-hydrogen) atoms. The van der Waals surface area contributed by atoms with E-state index >= 15 is 0 Å². The molecule has 2 aliphatic rings. The van der Waals surface area contributed by atoms with Gasteiger partial charge in [-0.2, -0.15) is 0 Å². The number of allylic oxidation sites excluding steroid dienone is 3. The SMILES string of the molecule is COc1ccc(-c2c3c(c(C4C=CC(O)=CC4)c(C=O)c2[N+](=O)[O-])OCO3)cc1. The van der Waals surface area contributed by atoms with Crippen LogP contribution in [0, 0.1) is 10.1 Å². The lowest BCUT2D eigenvalue weighted by Gasteiger charge is -2.20. The van der Waals surface area contributed by atoms with Gasteiger partial charge in [0.25, 0.3) is 5.69 Å². The largest absolute Gasteiger partial charge is 0.508 e. The molecule has 1 aliphatic heterocycles. The van der Waals surface area contributed by atoms with Crippen molar-refractivity contribution < 1.29 is 29.0 Å². The minimum atomic E-state index is -0.575. The zero-order valence-electron chi connectivity index (χ0n) is 15.5. The molecule has 0 saturated carbocycles. The van der Waals surface area contributed by atoms with E-state index in [0.29, 0.717) is 35.3 Å². The first-order valence-corrected chi connectivity index (χ1v) is 8.86. The van der Waals surface area contributed by atoms with Crippen LogP contribution in [0.3, 0.4) is 0 Å². The van der Waals surface area contributed by atoms with Crippen molar-refractivity contribution in [2.75, 3.05) is 13.9 Å². The van der Waals surface area contributed by atoms with Crippen molar-refractivity contribution in [2.45, 2.75) is 12.3 Å². The van der Waals surface area contributed by atoms with Gasteiger partial charge in [-0.15, -0.1) is 0 Å². The number of methoxy groups -OCH3 is 1. The predicted molar refractivity (Wildman–Crippen MR) is 104 cm³/mol. The van der Waals surface area contributed by atoms with Crippen LogP contribution in [0.4, 0.5) is 5.69 Å². The highest BCUT2D eigenvalue weighted by Crippen LogP contribution is 2.54. The summed E-state index contributed by atoms with van der Waals surface area (Å²) in [6.45, 7) is -0.109. The molecule has 1 aliphatic carbocycles. The minimum Gasteiger partial charge on any atom is -0.508 e. The Labute approximate surface area is 165 Å². The number of hydrogen-bond donors (Lipinski definition) is 1. The lowest BCUT2D eigenvalue weighted by atomic mass is 9.84. The molecule has 0 bridgehead atoms. The van der Waals surface area contributed by atoms with Crippen LogP contribution in [0.2, 0.25) is 0 Å². The predicted octanol–water partition coefficient (Wildman–Crippen LogP) is 4.30. The first-order valence-electron chi connectivity index (χ1n) is 8.86. The normalized spacial score (nSPS) is 17.0. The van der Waals surface area contributed by atoms with Crippen LogP contribution in [-0.2, 0) is 0 Å². The van der Waals surface area contributed by atoms with E-state index in [9.17, 15) is 20.0 Å². The van der Waals surface area contributed by atoms with Gasteiger partial charge in [0.05, 0.1) is 12.0 Å². The molecule has 0 aromatic heterocycles. The molecule has 0 radical (unpaired) electrons. The Morgan fingerprint density at radius 2 is 1.97 bits per heavy atom. The summed E-state index contributed by atoms with van der Waals surface area (Å²) >= 11 is 0. The quantitative estimate of drug-likeness (QED) is 0.457.